The average molecular weight is 477 g/mol. The molecule has 0 heterocycles. The van der Waals surface area contributed by atoms with Crippen molar-refractivity contribution in [3.63, 3.8) is 0 Å². The molecule has 7 heteroatoms. The summed E-state index contributed by atoms with van der Waals surface area (Å²) in [6.45, 7) is 2.45. The zero-order chi connectivity index (χ0) is 25.2. The van der Waals surface area contributed by atoms with Gasteiger partial charge in [0, 0.05) is 12.1 Å². The van der Waals surface area contributed by atoms with Crippen LogP contribution in [0.5, 0.6) is 11.5 Å². The van der Waals surface area contributed by atoms with Crippen molar-refractivity contribution in [3.8, 4) is 22.6 Å². The zero-order valence-corrected chi connectivity index (χ0v) is 20.6. The molecule has 0 spiro atoms. The van der Waals surface area contributed by atoms with Gasteiger partial charge in [-0.1, -0.05) is 49.4 Å². The molecule has 184 valence electrons. The number of ether oxygens (including phenoxy) is 3. The maximum absolute atomic E-state index is 12.7. The lowest BCUT2D eigenvalue weighted by molar-refractivity contribution is -0.139. The maximum Gasteiger partial charge on any atom is 0.315 e. The van der Waals surface area contributed by atoms with Gasteiger partial charge in [-0.25, -0.2) is 4.79 Å². The van der Waals surface area contributed by atoms with Gasteiger partial charge in [-0.3, -0.25) is 4.79 Å². The monoisotopic (exact) mass is 476 g/mol. The molecule has 0 aliphatic rings. The predicted molar refractivity (Wildman–Crippen MR) is 136 cm³/mol. The summed E-state index contributed by atoms with van der Waals surface area (Å²) in [5, 5.41) is 6.01. The van der Waals surface area contributed by atoms with Crippen LogP contribution in [-0.2, 0) is 22.5 Å². The van der Waals surface area contributed by atoms with Gasteiger partial charge in [-0.15, -0.1) is 0 Å². The number of hydrogen-bond acceptors (Lipinski definition) is 5. The third-order valence-corrected chi connectivity index (χ3v) is 5.78. The minimum absolute atomic E-state index is 0.143. The van der Waals surface area contributed by atoms with Crippen LogP contribution < -0.4 is 20.1 Å². The van der Waals surface area contributed by atoms with E-state index in [2.05, 4.69) is 10.6 Å². The molecule has 0 aliphatic carbocycles. The maximum atomic E-state index is 12.7. The smallest absolute Gasteiger partial charge is 0.315 e. The largest absolute Gasteiger partial charge is 0.497 e. The minimum Gasteiger partial charge on any atom is -0.497 e. The van der Waals surface area contributed by atoms with Crippen LogP contribution in [0.2, 0.25) is 0 Å². The van der Waals surface area contributed by atoms with Crippen molar-refractivity contribution in [3.05, 3.63) is 83.4 Å². The SMILES string of the molecule is CCC(NC(=O)NCc1ccccc1)c1ccc(OC)cc1-c1cc(CC(=O)OC)ccc1OC. The Morgan fingerprint density at radius 3 is 2.29 bits per heavy atom. The molecule has 0 saturated carbocycles. The minimum atomic E-state index is -0.324. The Labute approximate surface area is 206 Å². The second-order valence-corrected chi connectivity index (χ2v) is 8.01. The molecule has 2 N–H and O–H groups in total. The molecule has 0 fully saturated rings. The normalized spacial score (nSPS) is 11.3. The van der Waals surface area contributed by atoms with Gasteiger partial charge in [0.05, 0.1) is 33.8 Å². The van der Waals surface area contributed by atoms with Gasteiger partial charge in [0.15, 0.2) is 0 Å². The number of esters is 1. The highest BCUT2D eigenvalue weighted by atomic mass is 16.5. The van der Waals surface area contributed by atoms with Gasteiger partial charge in [0.25, 0.3) is 0 Å². The number of benzene rings is 3. The number of carbonyl (C=O) groups is 2. The van der Waals surface area contributed by atoms with Crippen LogP contribution in [0.25, 0.3) is 11.1 Å². The van der Waals surface area contributed by atoms with Gasteiger partial charge in [0.2, 0.25) is 0 Å². The number of amides is 2. The second kappa shape index (κ2) is 12.5. The molecular formula is C28H32N2O5. The summed E-state index contributed by atoms with van der Waals surface area (Å²) in [6.07, 6.45) is 0.812. The Hall–Kier alpha value is -4.00. The van der Waals surface area contributed by atoms with Gasteiger partial charge in [-0.2, -0.15) is 0 Å². The van der Waals surface area contributed by atoms with Gasteiger partial charge in [-0.05, 0) is 52.9 Å². The van der Waals surface area contributed by atoms with E-state index in [0.717, 1.165) is 27.8 Å². The van der Waals surface area contributed by atoms with E-state index in [0.29, 0.717) is 24.5 Å². The van der Waals surface area contributed by atoms with E-state index in [-0.39, 0.29) is 24.5 Å². The topological polar surface area (TPSA) is 85.9 Å². The molecular weight excluding hydrogens is 444 g/mol. The Morgan fingerprint density at radius 1 is 0.857 bits per heavy atom. The number of urea groups is 1. The lowest BCUT2D eigenvalue weighted by Crippen LogP contribution is -2.37. The summed E-state index contributed by atoms with van der Waals surface area (Å²) in [4.78, 5) is 24.6. The summed E-state index contributed by atoms with van der Waals surface area (Å²) in [6, 6.07) is 20.6. The van der Waals surface area contributed by atoms with E-state index in [1.165, 1.54) is 7.11 Å². The Balaban J connectivity index is 1.94. The second-order valence-electron chi connectivity index (χ2n) is 8.01. The first-order valence-electron chi connectivity index (χ1n) is 11.5. The van der Waals surface area contributed by atoms with Crippen molar-refractivity contribution >= 4 is 12.0 Å². The summed E-state index contributed by atoms with van der Waals surface area (Å²) in [5.41, 5.74) is 4.38. The summed E-state index contributed by atoms with van der Waals surface area (Å²) >= 11 is 0. The third-order valence-electron chi connectivity index (χ3n) is 5.78. The van der Waals surface area contributed by atoms with E-state index in [1.807, 2.05) is 73.7 Å². The Bertz CT molecular complexity index is 1150. The standard InChI is InChI=1S/C28H32N2O5/c1-5-25(30-28(32)29-18-19-9-7-6-8-10-19)22-13-12-21(33-2)17-23(22)24-15-20(16-27(31)35-4)11-14-26(24)34-3/h6-15,17,25H,5,16,18H2,1-4H3,(H2,29,30,32). The van der Waals surface area contributed by atoms with E-state index in [1.54, 1.807) is 14.2 Å². The van der Waals surface area contributed by atoms with Gasteiger partial charge >= 0.3 is 12.0 Å². The summed E-state index contributed by atoms with van der Waals surface area (Å²) in [7, 11) is 4.58. The van der Waals surface area contributed by atoms with Crippen LogP contribution in [0.4, 0.5) is 4.79 Å². The summed E-state index contributed by atoms with van der Waals surface area (Å²) < 4.78 is 16.0. The highest BCUT2D eigenvalue weighted by molar-refractivity contribution is 5.80. The number of carbonyl (C=O) groups excluding carboxylic acids is 2. The lowest BCUT2D eigenvalue weighted by Gasteiger charge is -2.23. The molecule has 3 aromatic rings. The van der Waals surface area contributed by atoms with Crippen molar-refractivity contribution in [1.29, 1.82) is 0 Å². The van der Waals surface area contributed by atoms with Crippen molar-refractivity contribution in [2.24, 2.45) is 0 Å². The highest BCUT2D eigenvalue weighted by Gasteiger charge is 2.21. The number of rotatable bonds is 10. The third kappa shape index (κ3) is 6.76. The predicted octanol–water partition coefficient (Wildman–Crippen LogP) is 5.04. The number of hydrogen-bond donors (Lipinski definition) is 2. The van der Waals surface area contributed by atoms with Crippen LogP contribution in [0.15, 0.2) is 66.7 Å². The van der Waals surface area contributed by atoms with E-state index in [4.69, 9.17) is 14.2 Å². The Morgan fingerprint density at radius 2 is 1.63 bits per heavy atom. The van der Waals surface area contributed by atoms with Crippen LogP contribution in [0.3, 0.4) is 0 Å². The number of methoxy groups -OCH3 is 3. The molecule has 1 unspecified atom stereocenters. The van der Waals surface area contributed by atoms with Crippen molar-refractivity contribution in [2.45, 2.75) is 32.4 Å². The van der Waals surface area contributed by atoms with E-state index in [9.17, 15) is 9.59 Å². The molecule has 1 atom stereocenters. The van der Waals surface area contributed by atoms with Crippen LogP contribution in [0.1, 0.15) is 36.1 Å². The van der Waals surface area contributed by atoms with Crippen LogP contribution in [-0.4, -0.2) is 33.3 Å². The molecule has 2 amide bonds. The molecule has 0 aromatic heterocycles. The van der Waals surface area contributed by atoms with E-state index >= 15 is 0 Å². The molecule has 0 radical (unpaired) electrons. The lowest BCUT2D eigenvalue weighted by atomic mass is 9.91. The van der Waals surface area contributed by atoms with E-state index < -0.39 is 0 Å². The van der Waals surface area contributed by atoms with Crippen molar-refractivity contribution in [1.82, 2.24) is 10.6 Å². The fourth-order valence-electron chi connectivity index (χ4n) is 3.90. The number of nitrogens with one attached hydrogen (secondary N) is 2. The van der Waals surface area contributed by atoms with Crippen molar-refractivity contribution < 1.29 is 23.8 Å². The molecule has 35 heavy (non-hydrogen) atoms. The zero-order valence-electron chi connectivity index (χ0n) is 20.6. The fourth-order valence-corrected chi connectivity index (χ4v) is 3.90. The van der Waals surface area contributed by atoms with Crippen LogP contribution >= 0.6 is 0 Å². The molecule has 3 aromatic carbocycles. The molecule has 0 bridgehead atoms. The first kappa shape index (κ1) is 25.6. The average Bonchev–Trinajstić information content (AvgIpc) is 2.90. The van der Waals surface area contributed by atoms with Gasteiger partial charge < -0.3 is 24.8 Å². The molecule has 3 rings (SSSR count). The Kier molecular flexibility index (Phi) is 9.12. The first-order valence-corrected chi connectivity index (χ1v) is 11.5. The highest BCUT2D eigenvalue weighted by Crippen LogP contribution is 2.38. The van der Waals surface area contributed by atoms with Crippen LogP contribution in [0, 0.1) is 0 Å². The molecule has 7 nitrogen and oxygen atoms in total. The quantitative estimate of drug-likeness (QED) is 0.401. The fraction of sp³-hybridized carbons (Fsp3) is 0.286. The summed E-state index contributed by atoms with van der Waals surface area (Å²) in [5.74, 6) is 0.999. The van der Waals surface area contributed by atoms with Crippen molar-refractivity contribution in [2.75, 3.05) is 21.3 Å². The first-order chi connectivity index (χ1) is 17.0. The molecule has 0 aliphatic heterocycles. The van der Waals surface area contributed by atoms with Gasteiger partial charge in [0.1, 0.15) is 11.5 Å². The molecule has 0 saturated heterocycles.